The van der Waals surface area contributed by atoms with Gasteiger partial charge < -0.3 is 20.4 Å². The number of piperidine rings is 1. The van der Waals surface area contributed by atoms with Gasteiger partial charge in [-0.1, -0.05) is 0 Å². The molecule has 0 aliphatic carbocycles. The molecular formula is C23H32FN5O6S. The number of carboxylic acid groups (broad SMARTS) is 2. The Morgan fingerprint density at radius 1 is 1.25 bits per heavy atom. The van der Waals surface area contributed by atoms with Crippen LogP contribution in [0.1, 0.15) is 51.9 Å². The minimum Gasteiger partial charge on any atom is -0.481 e. The number of hydrogen-bond acceptors (Lipinski definition) is 7. The number of aliphatic carboxylic acids is 1. The number of aryl methyl sites for hydroxylation is 1. The first-order valence-electron chi connectivity index (χ1n) is 11.4. The van der Waals surface area contributed by atoms with E-state index in [4.69, 9.17) is 0 Å². The van der Waals surface area contributed by atoms with E-state index >= 15 is 4.39 Å². The van der Waals surface area contributed by atoms with Crippen molar-refractivity contribution in [2.45, 2.75) is 70.4 Å². The lowest BCUT2D eigenvalue weighted by Gasteiger charge is -2.42. The maximum absolute atomic E-state index is 15.4. The molecule has 0 saturated carbocycles. The lowest BCUT2D eigenvalue weighted by atomic mass is 9.72. The minimum atomic E-state index is -4.02. The van der Waals surface area contributed by atoms with E-state index in [2.05, 4.69) is 15.4 Å². The van der Waals surface area contributed by atoms with Gasteiger partial charge in [-0.2, -0.15) is 5.10 Å². The van der Waals surface area contributed by atoms with Crippen molar-refractivity contribution in [3.63, 3.8) is 0 Å². The normalized spacial score (nSPS) is 20.9. The maximum atomic E-state index is 15.4. The summed E-state index contributed by atoms with van der Waals surface area (Å²) >= 11 is 0. The summed E-state index contributed by atoms with van der Waals surface area (Å²) in [7, 11) is -4.02. The Kier molecular flexibility index (Phi) is 7.10. The number of nitrogens with one attached hydrogen (secondary N) is 1. The number of pyridine rings is 1. The van der Waals surface area contributed by atoms with E-state index in [0.29, 0.717) is 5.82 Å². The molecule has 1 aliphatic rings. The predicted molar refractivity (Wildman–Crippen MR) is 130 cm³/mol. The van der Waals surface area contributed by atoms with Gasteiger partial charge >= 0.3 is 12.1 Å². The largest absolute Gasteiger partial charge is 0.481 e. The number of hydrogen-bond donors (Lipinski definition) is 3. The van der Waals surface area contributed by atoms with E-state index in [1.807, 2.05) is 27.7 Å². The van der Waals surface area contributed by atoms with Crippen LogP contribution < -0.4 is 5.32 Å². The van der Waals surface area contributed by atoms with Crippen LogP contribution in [-0.2, 0) is 26.6 Å². The van der Waals surface area contributed by atoms with E-state index in [-0.39, 0.29) is 36.4 Å². The second kappa shape index (κ2) is 9.34. The molecule has 1 saturated heterocycles. The van der Waals surface area contributed by atoms with Gasteiger partial charge in [0, 0.05) is 43.1 Å². The van der Waals surface area contributed by atoms with Crippen LogP contribution in [0.25, 0.3) is 0 Å². The molecule has 11 nitrogen and oxygen atoms in total. The Balaban J connectivity index is 2.05. The molecule has 0 radical (unpaired) electrons. The highest BCUT2D eigenvalue weighted by Crippen LogP contribution is 2.39. The number of carbonyl (C=O) groups is 2. The Morgan fingerprint density at radius 2 is 1.89 bits per heavy atom. The zero-order valence-electron chi connectivity index (χ0n) is 21.2. The molecule has 1 fully saturated rings. The molecule has 2 atom stereocenters. The molecule has 3 heterocycles. The third-order valence-electron chi connectivity index (χ3n) is 6.43. The van der Waals surface area contributed by atoms with Crippen LogP contribution >= 0.6 is 0 Å². The minimum absolute atomic E-state index is 0.00180. The van der Waals surface area contributed by atoms with Crippen molar-refractivity contribution in [3.8, 4) is 0 Å². The second-order valence-corrected chi connectivity index (χ2v) is 12.4. The lowest BCUT2D eigenvalue weighted by Crippen LogP contribution is -2.51. The van der Waals surface area contributed by atoms with Gasteiger partial charge in [0.25, 0.3) is 0 Å². The number of rotatable bonds is 6. The summed E-state index contributed by atoms with van der Waals surface area (Å²) < 4.78 is 41.9. The van der Waals surface area contributed by atoms with Crippen molar-refractivity contribution in [3.05, 3.63) is 29.3 Å². The molecule has 1 aliphatic heterocycles. The first-order chi connectivity index (χ1) is 16.4. The van der Waals surface area contributed by atoms with Crippen LogP contribution in [0, 0.1) is 18.2 Å². The van der Waals surface area contributed by atoms with Gasteiger partial charge in [0.15, 0.2) is 21.5 Å². The van der Waals surface area contributed by atoms with Gasteiger partial charge in [-0.3, -0.25) is 9.48 Å². The Labute approximate surface area is 209 Å². The van der Waals surface area contributed by atoms with Gasteiger partial charge in [-0.05, 0) is 47.5 Å². The van der Waals surface area contributed by atoms with Gasteiger partial charge in [0.1, 0.15) is 10.7 Å². The van der Waals surface area contributed by atoms with Crippen molar-refractivity contribution in [1.29, 1.82) is 0 Å². The average Bonchev–Trinajstić information content (AvgIpc) is 3.09. The Morgan fingerprint density at radius 3 is 2.36 bits per heavy atom. The molecule has 3 N–H and O–H groups in total. The van der Waals surface area contributed by atoms with E-state index < -0.39 is 50.5 Å². The number of aromatic nitrogens is 3. The first-order valence-corrected chi connectivity index (χ1v) is 13.3. The van der Waals surface area contributed by atoms with Crippen LogP contribution in [0.5, 0.6) is 0 Å². The SMILES string of the molecule is Cc1cc(Nc2cc(S(C)(=O)=O)c(F)c(CC3(C(=O)O)CCN(C(=O)O)C(C)C3)n2)nn1C(C)(C)C. The summed E-state index contributed by atoms with van der Waals surface area (Å²) in [6.07, 6.45) is -0.851. The molecule has 2 aromatic rings. The molecule has 2 aromatic heterocycles. The smallest absolute Gasteiger partial charge is 0.407 e. The molecule has 2 unspecified atom stereocenters. The number of likely N-dealkylation sites (tertiary alicyclic amines) is 1. The van der Waals surface area contributed by atoms with E-state index in [9.17, 15) is 28.2 Å². The highest BCUT2D eigenvalue weighted by Gasteiger charge is 2.46. The lowest BCUT2D eigenvalue weighted by molar-refractivity contribution is -0.153. The standard InChI is InChI=1S/C23H32FN5O6S/c1-13-9-18(27-29(13)22(3,4)5)26-17-10-16(36(6,34)35)19(24)15(25-17)12-23(20(30)31)7-8-28(21(32)33)14(2)11-23/h9-10,14H,7-8,11-12H2,1-6H3,(H,30,31)(H,32,33)(H,25,26,27). The summed E-state index contributed by atoms with van der Waals surface area (Å²) in [5.41, 5.74) is -1.33. The van der Waals surface area contributed by atoms with E-state index in [0.717, 1.165) is 22.9 Å². The van der Waals surface area contributed by atoms with Gasteiger partial charge in [0.05, 0.1) is 16.6 Å². The molecule has 13 heteroatoms. The molecular weight excluding hydrogens is 493 g/mol. The average molecular weight is 526 g/mol. The number of sulfone groups is 1. The van der Waals surface area contributed by atoms with E-state index in [1.54, 1.807) is 17.7 Å². The van der Waals surface area contributed by atoms with Crippen LogP contribution in [0.4, 0.5) is 20.8 Å². The summed E-state index contributed by atoms with van der Waals surface area (Å²) in [4.78, 5) is 28.6. The summed E-state index contributed by atoms with van der Waals surface area (Å²) in [6.45, 7) is 9.29. The predicted octanol–water partition coefficient (Wildman–Crippen LogP) is 3.40. The molecule has 0 aromatic carbocycles. The van der Waals surface area contributed by atoms with Crippen LogP contribution in [0.2, 0.25) is 0 Å². The van der Waals surface area contributed by atoms with Crippen LogP contribution in [0.3, 0.4) is 0 Å². The van der Waals surface area contributed by atoms with E-state index in [1.165, 1.54) is 0 Å². The molecule has 3 rings (SSSR count). The maximum Gasteiger partial charge on any atom is 0.407 e. The third kappa shape index (κ3) is 5.45. The zero-order chi connectivity index (χ0) is 27.2. The van der Waals surface area contributed by atoms with Crippen LogP contribution in [-0.4, -0.2) is 69.2 Å². The first kappa shape index (κ1) is 27.4. The fourth-order valence-corrected chi connectivity index (χ4v) is 5.49. The Hall–Kier alpha value is -3.22. The number of anilines is 2. The number of halogens is 1. The number of nitrogens with zero attached hydrogens (tertiary/aromatic N) is 4. The molecule has 1 amide bonds. The highest BCUT2D eigenvalue weighted by atomic mass is 32.2. The fraction of sp³-hybridized carbons (Fsp3) is 0.565. The van der Waals surface area contributed by atoms with Crippen molar-refractivity contribution in [1.82, 2.24) is 19.7 Å². The molecule has 36 heavy (non-hydrogen) atoms. The Bertz CT molecular complexity index is 1300. The summed E-state index contributed by atoms with van der Waals surface area (Å²) in [5.74, 6) is -1.97. The van der Waals surface area contributed by atoms with Crippen molar-refractivity contribution in [2.75, 3.05) is 18.1 Å². The van der Waals surface area contributed by atoms with Gasteiger partial charge in [-0.25, -0.2) is 22.6 Å². The topological polar surface area (TPSA) is 155 Å². The second-order valence-electron chi connectivity index (χ2n) is 10.5. The van der Waals surface area contributed by atoms with Gasteiger partial charge in [0.2, 0.25) is 0 Å². The fourth-order valence-electron chi connectivity index (χ4n) is 4.72. The summed E-state index contributed by atoms with van der Waals surface area (Å²) in [6, 6.07) is 2.16. The number of carboxylic acids is 1. The van der Waals surface area contributed by atoms with Crippen LogP contribution in [0.15, 0.2) is 17.0 Å². The number of amides is 1. The highest BCUT2D eigenvalue weighted by molar-refractivity contribution is 7.90. The molecule has 0 spiro atoms. The molecule has 0 bridgehead atoms. The third-order valence-corrected chi connectivity index (χ3v) is 7.52. The van der Waals surface area contributed by atoms with Crippen molar-refractivity contribution >= 4 is 33.5 Å². The van der Waals surface area contributed by atoms with Gasteiger partial charge in [-0.15, -0.1) is 0 Å². The summed E-state index contributed by atoms with van der Waals surface area (Å²) in [5, 5.41) is 26.8. The van der Waals surface area contributed by atoms with Crippen molar-refractivity contribution < 1.29 is 32.6 Å². The molecule has 198 valence electrons. The van der Waals surface area contributed by atoms with Crippen molar-refractivity contribution in [2.24, 2.45) is 5.41 Å². The zero-order valence-corrected chi connectivity index (χ0v) is 22.0. The quantitative estimate of drug-likeness (QED) is 0.514. The monoisotopic (exact) mass is 525 g/mol.